The van der Waals surface area contributed by atoms with Crippen LogP contribution in [0.25, 0.3) is 20.7 Å². The van der Waals surface area contributed by atoms with Gasteiger partial charge in [-0.1, -0.05) is 6.07 Å². The molecule has 0 aliphatic heterocycles. The highest BCUT2D eigenvalue weighted by Gasteiger charge is 2.27. The van der Waals surface area contributed by atoms with E-state index in [1.54, 1.807) is 11.3 Å². The number of quaternary nitrogens is 1. The third kappa shape index (κ3) is 3.44. The number of aromatic amines is 1. The van der Waals surface area contributed by atoms with Gasteiger partial charge in [-0.25, -0.2) is 4.98 Å². The van der Waals surface area contributed by atoms with Crippen molar-refractivity contribution in [3.8, 4) is 10.4 Å². The van der Waals surface area contributed by atoms with Gasteiger partial charge in [-0.05, 0) is 31.2 Å². The van der Waals surface area contributed by atoms with E-state index >= 15 is 0 Å². The number of amides is 1. The fraction of sp³-hybridized carbons (Fsp3) is 0.389. The van der Waals surface area contributed by atoms with Crippen LogP contribution in [-0.2, 0) is 4.79 Å². The Morgan fingerprint density at radius 3 is 2.96 bits per heavy atom. The number of carbonyl (C=O) groups excluding carboxylic acids is 1. The Bertz CT molecular complexity index is 988. The van der Waals surface area contributed by atoms with Crippen molar-refractivity contribution >= 4 is 38.8 Å². The Kier molecular flexibility index (Phi) is 4.64. The van der Waals surface area contributed by atoms with E-state index < -0.39 is 0 Å². The summed E-state index contributed by atoms with van der Waals surface area (Å²) in [4.78, 5) is 35.2. The Labute approximate surface area is 158 Å². The molecule has 1 unspecified atom stereocenters. The lowest BCUT2D eigenvalue weighted by atomic mass is 10.2. The lowest BCUT2D eigenvalue weighted by molar-refractivity contribution is -0.903. The molecule has 0 aromatic carbocycles. The minimum Gasteiger partial charge on any atom is -0.348 e. The molecule has 1 aliphatic carbocycles. The Balaban J connectivity index is 1.58. The minimum atomic E-state index is -0.114. The molecule has 0 saturated heterocycles. The molecule has 1 aliphatic rings. The summed E-state index contributed by atoms with van der Waals surface area (Å²) in [6.45, 7) is 2.35. The van der Waals surface area contributed by atoms with Crippen molar-refractivity contribution in [3.05, 3.63) is 39.1 Å². The molecular weight excluding hydrogens is 368 g/mol. The van der Waals surface area contributed by atoms with E-state index in [1.807, 2.05) is 36.9 Å². The molecule has 2 atom stereocenters. The molecule has 1 saturated carbocycles. The number of aromatic nitrogens is 2. The van der Waals surface area contributed by atoms with Crippen LogP contribution in [0, 0.1) is 0 Å². The van der Waals surface area contributed by atoms with Crippen molar-refractivity contribution in [2.24, 2.45) is 0 Å². The highest BCUT2D eigenvalue weighted by molar-refractivity contribution is 7.18. The second-order valence-electron chi connectivity index (χ2n) is 6.84. The number of likely N-dealkylation sites (N-methyl/N-ethyl adjacent to an activating group) is 1. The van der Waals surface area contributed by atoms with Crippen LogP contribution in [0.4, 0.5) is 0 Å². The van der Waals surface area contributed by atoms with Gasteiger partial charge in [-0.3, -0.25) is 9.59 Å². The zero-order valence-corrected chi connectivity index (χ0v) is 16.3. The van der Waals surface area contributed by atoms with E-state index in [4.69, 9.17) is 0 Å². The smallest absolute Gasteiger partial charge is 0.275 e. The Morgan fingerprint density at radius 1 is 1.46 bits per heavy atom. The molecule has 4 rings (SSSR count). The number of thiophene rings is 2. The molecule has 1 amide bonds. The van der Waals surface area contributed by atoms with E-state index in [1.165, 1.54) is 11.3 Å². The number of rotatable bonds is 6. The van der Waals surface area contributed by atoms with Crippen LogP contribution in [0.2, 0.25) is 0 Å². The molecule has 3 aromatic rings. The molecule has 0 spiro atoms. The Morgan fingerprint density at radius 2 is 2.27 bits per heavy atom. The van der Waals surface area contributed by atoms with Crippen LogP contribution in [0.5, 0.6) is 0 Å². The molecular formula is C18H21N4O2S2+. The average molecular weight is 390 g/mol. The van der Waals surface area contributed by atoms with Gasteiger partial charge in [0.1, 0.15) is 10.9 Å². The maximum absolute atomic E-state index is 12.7. The average Bonchev–Trinajstić information content (AvgIpc) is 3.10. The minimum absolute atomic E-state index is 0.0522. The first-order chi connectivity index (χ1) is 12.5. The van der Waals surface area contributed by atoms with Crippen molar-refractivity contribution in [1.29, 1.82) is 0 Å². The molecule has 1 fully saturated rings. The summed E-state index contributed by atoms with van der Waals surface area (Å²) in [7, 11) is 1.95. The maximum atomic E-state index is 12.7. The van der Waals surface area contributed by atoms with Crippen LogP contribution in [0.1, 0.15) is 31.6 Å². The quantitative estimate of drug-likeness (QED) is 0.599. The molecule has 3 heterocycles. The normalized spacial score (nSPS) is 16.5. The highest BCUT2D eigenvalue weighted by atomic mass is 32.1. The van der Waals surface area contributed by atoms with Crippen LogP contribution >= 0.6 is 22.7 Å². The van der Waals surface area contributed by atoms with E-state index in [9.17, 15) is 9.59 Å². The predicted octanol–water partition coefficient (Wildman–Crippen LogP) is 1.57. The van der Waals surface area contributed by atoms with Crippen molar-refractivity contribution in [2.75, 3.05) is 13.6 Å². The van der Waals surface area contributed by atoms with Gasteiger partial charge in [0.2, 0.25) is 0 Å². The highest BCUT2D eigenvalue weighted by Crippen LogP contribution is 2.33. The third-order valence-corrected chi connectivity index (χ3v) is 6.56. The van der Waals surface area contributed by atoms with Gasteiger partial charge < -0.3 is 15.2 Å². The molecule has 26 heavy (non-hydrogen) atoms. The summed E-state index contributed by atoms with van der Waals surface area (Å²) in [5.41, 5.74) is 0.828. The number of nitrogens with one attached hydrogen (secondary N) is 3. The fourth-order valence-corrected chi connectivity index (χ4v) is 4.70. The van der Waals surface area contributed by atoms with Gasteiger partial charge in [0, 0.05) is 21.9 Å². The fourth-order valence-electron chi connectivity index (χ4n) is 2.93. The second-order valence-corrected chi connectivity index (χ2v) is 8.65. The first-order valence-corrected chi connectivity index (χ1v) is 10.5. The van der Waals surface area contributed by atoms with E-state index in [0.29, 0.717) is 23.8 Å². The lowest BCUT2D eigenvalue weighted by Gasteiger charge is -2.20. The van der Waals surface area contributed by atoms with Crippen molar-refractivity contribution < 1.29 is 9.69 Å². The molecule has 0 bridgehead atoms. The first kappa shape index (κ1) is 17.4. The number of nitrogens with zero attached hydrogens (tertiary/aromatic N) is 1. The van der Waals surface area contributed by atoms with Gasteiger partial charge in [0.25, 0.3) is 11.5 Å². The summed E-state index contributed by atoms with van der Waals surface area (Å²) in [6.07, 6.45) is 2.16. The van der Waals surface area contributed by atoms with Crippen molar-refractivity contribution in [1.82, 2.24) is 15.3 Å². The van der Waals surface area contributed by atoms with Gasteiger partial charge in [0.15, 0.2) is 12.4 Å². The lowest BCUT2D eigenvalue weighted by Crippen LogP contribution is -3.10. The van der Waals surface area contributed by atoms with Crippen LogP contribution in [0.3, 0.4) is 0 Å². The van der Waals surface area contributed by atoms with Crippen molar-refractivity contribution in [3.63, 3.8) is 0 Å². The van der Waals surface area contributed by atoms with Crippen LogP contribution < -0.4 is 15.8 Å². The van der Waals surface area contributed by atoms with Gasteiger partial charge in [-0.2, -0.15) is 0 Å². The van der Waals surface area contributed by atoms with E-state index in [0.717, 1.165) is 33.0 Å². The molecule has 0 radical (unpaired) electrons. The number of H-pyrrole nitrogens is 1. The summed E-state index contributed by atoms with van der Waals surface area (Å²) >= 11 is 3.10. The number of hydrogen-bond donors (Lipinski definition) is 3. The topological polar surface area (TPSA) is 79.3 Å². The summed E-state index contributed by atoms with van der Waals surface area (Å²) in [6, 6.07) is 4.27. The molecule has 3 N–H and O–H groups in total. The second kappa shape index (κ2) is 6.94. The number of fused-ring (bicyclic) bond motifs is 1. The van der Waals surface area contributed by atoms with Gasteiger partial charge in [0.05, 0.1) is 12.4 Å². The summed E-state index contributed by atoms with van der Waals surface area (Å²) in [5.74, 6) is 0.676. The zero-order valence-electron chi connectivity index (χ0n) is 14.7. The summed E-state index contributed by atoms with van der Waals surface area (Å²) in [5, 5.41) is 7.65. The monoisotopic (exact) mass is 389 g/mol. The number of carbonyl (C=O) groups is 1. The molecule has 8 heteroatoms. The van der Waals surface area contributed by atoms with E-state index in [2.05, 4.69) is 15.3 Å². The molecule has 6 nitrogen and oxygen atoms in total. The Hall–Kier alpha value is -2.03. The van der Waals surface area contributed by atoms with Crippen LogP contribution in [-0.4, -0.2) is 35.5 Å². The first-order valence-electron chi connectivity index (χ1n) is 8.70. The third-order valence-electron chi connectivity index (χ3n) is 4.78. The standard InChI is InChI=1S/C18H20N4O2S2/c1-10(22(2)8-14(23)19-11-5-6-11)16-20-17(24)15-12(9-26-18(15)21-16)13-4-3-7-25-13/h3-4,7,9-11H,5-6,8H2,1-2H3,(H,19,23)(H,20,21,24)/p+1/t10-/m0/s1. The largest absolute Gasteiger partial charge is 0.348 e. The van der Waals surface area contributed by atoms with Crippen LogP contribution in [0.15, 0.2) is 27.7 Å². The molecule has 136 valence electrons. The van der Waals surface area contributed by atoms with Crippen molar-refractivity contribution in [2.45, 2.75) is 31.8 Å². The zero-order chi connectivity index (χ0) is 18.3. The SMILES string of the molecule is C[C@@H](c1nc2scc(-c3cccs3)c2c(=O)[nH]1)[NH+](C)CC(=O)NC1CC1. The maximum Gasteiger partial charge on any atom is 0.275 e. The van der Waals surface area contributed by atoms with Gasteiger partial charge >= 0.3 is 0 Å². The summed E-state index contributed by atoms with van der Waals surface area (Å²) < 4.78 is 0. The van der Waals surface area contributed by atoms with Gasteiger partial charge in [-0.15, -0.1) is 22.7 Å². The van der Waals surface area contributed by atoms with E-state index in [-0.39, 0.29) is 17.5 Å². The number of hydrogen-bond acceptors (Lipinski definition) is 5. The predicted molar refractivity (Wildman–Crippen MR) is 105 cm³/mol. The molecule has 3 aromatic heterocycles.